The van der Waals surface area contributed by atoms with Crippen molar-refractivity contribution in [1.29, 1.82) is 0 Å². The van der Waals surface area contributed by atoms with Crippen molar-refractivity contribution in [2.45, 2.75) is 31.0 Å². The average Bonchev–Trinajstić information content (AvgIpc) is 2.86. The third-order valence-electron chi connectivity index (χ3n) is 3.08. The van der Waals surface area contributed by atoms with E-state index in [1.807, 2.05) is 0 Å². The standard InChI is InChI=1S/C10H16N2O4S/c13-7-3-8(9(14)15)12(4-7)10(16)11-6-1-2-17-5-6/h6-8,13H,1-5H2,(H,11,16)(H,14,15)/t6?,7-,8-/m0/s1. The monoisotopic (exact) mass is 260 g/mol. The molecular weight excluding hydrogens is 244 g/mol. The van der Waals surface area contributed by atoms with Gasteiger partial charge in [0.2, 0.25) is 0 Å². The molecule has 3 atom stereocenters. The number of carbonyl (C=O) groups excluding carboxylic acids is 1. The van der Waals surface area contributed by atoms with E-state index < -0.39 is 18.1 Å². The Morgan fingerprint density at radius 2 is 2.18 bits per heavy atom. The molecular formula is C10H16N2O4S. The van der Waals surface area contributed by atoms with Crippen molar-refractivity contribution in [1.82, 2.24) is 10.2 Å². The number of hydrogen-bond donors (Lipinski definition) is 3. The van der Waals surface area contributed by atoms with Crippen molar-refractivity contribution >= 4 is 23.8 Å². The van der Waals surface area contributed by atoms with E-state index in [0.717, 1.165) is 17.9 Å². The number of thioether (sulfide) groups is 1. The number of urea groups is 1. The van der Waals surface area contributed by atoms with Crippen LogP contribution in [0.4, 0.5) is 4.79 Å². The summed E-state index contributed by atoms with van der Waals surface area (Å²) in [6, 6.07) is -1.15. The second-order valence-electron chi connectivity index (χ2n) is 4.41. The van der Waals surface area contributed by atoms with E-state index >= 15 is 0 Å². The number of carboxylic acid groups (broad SMARTS) is 1. The van der Waals surface area contributed by atoms with Gasteiger partial charge in [-0.2, -0.15) is 11.8 Å². The fourth-order valence-electron chi connectivity index (χ4n) is 2.18. The predicted octanol–water partition coefficient (Wildman–Crippen LogP) is -0.279. The minimum Gasteiger partial charge on any atom is -0.480 e. The number of nitrogens with one attached hydrogen (secondary N) is 1. The van der Waals surface area contributed by atoms with Crippen LogP contribution in [0.2, 0.25) is 0 Å². The molecule has 2 fully saturated rings. The van der Waals surface area contributed by atoms with Crippen LogP contribution in [-0.4, -0.2) is 63.4 Å². The molecule has 0 bridgehead atoms. The lowest BCUT2D eigenvalue weighted by Gasteiger charge is -2.23. The molecule has 2 aliphatic rings. The number of carbonyl (C=O) groups is 2. The van der Waals surface area contributed by atoms with Gasteiger partial charge in [-0.25, -0.2) is 9.59 Å². The zero-order valence-corrected chi connectivity index (χ0v) is 10.2. The normalized spacial score (nSPS) is 32.8. The lowest BCUT2D eigenvalue weighted by Crippen LogP contribution is -2.49. The van der Waals surface area contributed by atoms with Gasteiger partial charge in [0.1, 0.15) is 6.04 Å². The topological polar surface area (TPSA) is 89.9 Å². The smallest absolute Gasteiger partial charge is 0.326 e. The molecule has 7 heteroatoms. The van der Waals surface area contributed by atoms with Gasteiger partial charge in [-0.15, -0.1) is 0 Å². The van der Waals surface area contributed by atoms with Gasteiger partial charge in [-0.3, -0.25) is 0 Å². The molecule has 1 unspecified atom stereocenters. The summed E-state index contributed by atoms with van der Waals surface area (Å²) in [7, 11) is 0. The molecule has 3 N–H and O–H groups in total. The lowest BCUT2D eigenvalue weighted by molar-refractivity contribution is -0.141. The van der Waals surface area contributed by atoms with Gasteiger partial charge in [0.05, 0.1) is 6.10 Å². The molecule has 0 aromatic carbocycles. The van der Waals surface area contributed by atoms with Crippen LogP contribution in [0.15, 0.2) is 0 Å². The number of amides is 2. The average molecular weight is 260 g/mol. The molecule has 6 nitrogen and oxygen atoms in total. The summed E-state index contributed by atoms with van der Waals surface area (Å²) < 4.78 is 0. The molecule has 2 rings (SSSR count). The van der Waals surface area contributed by atoms with E-state index in [1.165, 1.54) is 4.90 Å². The first kappa shape index (κ1) is 12.5. The van der Waals surface area contributed by atoms with E-state index in [0.29, 0.717) is 0 Å². The number of likely N-dealkylation sites (tertiary alicyclic amines) is 1. The maximum absolute atomic E-state index is 11.9. The first-order chi connectivity index (χ1) is 8.08. The van der Waals surface area contributed by atoms with E-state index in [9.17, 15) is 14.7 Å². The number of aliphatic hydroxyl groups is 1. The maximum Gasteiger partial charge on any atom is 0.326 e. The highest BCUT2D eigenvalue weighted by Crippen LogP contribution is 2.20. The Kier molecular flexibility index (Phi) is 3.78. The van der Waals surface area contributed by atoms with Gasteiger partial charge in [0, 0.05) is 24.8 Å². The Hall–Kier alpha value is -0.950. The second kappa shape index (κ2) is 5.14. The van der Waals surface area contributed by atoms with Gasteiger partial charge in [-0.1, -0.05) is 0 Å². The van der Waals surface area contributed by atoms with Crippen LogP contribution >= 0.6 is 11.8 Å². The quantitative estimate of drug-likeness (QED) is 0.635. The molecule has 96 valence electrons. The molecule has 2 saturated heterocycles. The van der Waals surface area contributed by atoms with E-state index in [-0.39, 0.29) is 25.0 Å². The van der Waals surface area contributed by atoms with Crippen LogP contribution in [0.5, 0.6) is 0 Å². The molecule has 0 saturated carbocycles. The minimum absolute atomic E-state index is 0.0999. The third kappa shape index (κ3) is 2.84. The number of carboxylic acids is 1. The molecule has 0 radical (unpaired) electrons. The molecule has 0 aromatic heterocycles. The number of hydrogen-bond acceptors (Lipinski definition) is 4. The molecule has 17 heavy (non-hydrogen) atoms. The number of aliphatic hydroxyl groups excluding tert-OH is 1. The first-order valence-corrected chi connectivity index (χ1v) is 6.79. The molecule has 2 amide bonds. The number of nitrogens with zero attached hydrogens (tertiary/aromatic N) is 1. The number of aliphatic carboxylic acids is 1. The molecule has 2 heterocycles. The maximum atomic E-state index is 11.9. The Morgan fingerprint density at radius 3 is 2.76 bits per heavy atom. The van der Waals surface area contributed by atoms with Crippen LogP contribution in [0, 0.1) is 0 Å². The van der Waals surface area contributed by atoms with Crippen LogP contribution in [-0.2, 0) is 4.79 Å². The zero-order chi connectivity index (χ0) is 12.4. The highest BCUT2D eigenvalue weighted by Gasteiger charge is 2.39. The van der Waals surface area contributed by atoms with Crippen LogP contribution in [0.1, 0.15) is 12.8 Å². The molecule has 2 aliphatic heterocycles. The number of rotatable bonds is 2. The van der Waals surface area contributed by atoms with Crippen molar-refractivity contribution in [3.8, 4) is 0 Å². The van der Waals surface area contributed by atoms with Gasteiger partial charge in [0.15, 0.2) is 0 Å². The summed E-state index contributed by atoms with van der Waals surface area (Å²) >= 11 is 1.78. The Bertz CT molecular complexity index is 319. The summed E-state index contributed by atoms with van der Waals surface area (Å²) in [6.07, 6.45) is 0.298. The van der Waals surface area contributed by atoms with E-state index in [2.05, 4.69) is 5.32 Å². The second-order valence-corrected chi connectivity index (χ2v) is 5.56. The molecule has 0 aliphatic carbocycles. The van der Waals surface area contributed by atoms with Crippen LogP contribution in [0.3, 0.4) is 0 Å². The van der Waals surface area contributed by atoms with Gasteiger partial charge < -0.3 is 20.4 Å². The highest BCUT2D eigenvalue weighted by atomic mass is 32.2. The fourth-order valence-corrected chi connectivity index (χ4v) is 3.33. The van der Waals surface area contributed by atoms with Gasteiger partial charge in [-0.05, 0) is 12.2 Å². The highest BCUT2D eigenvalue weighted by molar-refractivity contribution is 7.99. The van der Waals surface area contributed by atoms with E-state index in [1.54, 1.807) is 11.8 Å². The predicted molar refractivity (Wildman–Crippen MR) is 63.0 cm³/mol. The van der Waals surface area contributed by atoms with Gasteiger partial charge in [0.25, 0.3) is 0 Å². The summed E-state index contributed by atoms with van der Waals surface area (Å²) in [5, 5.41) is 21.2. The summed E-state index contributed by atoms with van der Waals surface area (Å²) in [5.74, 6) is 0.841. The summed E-state index contributed by atoms with van der Waals surface area (Å²) in [6.45, 7) is 0.0999. The Morgan fingerprint density at radius 1 is 1.41 bits per heavy atom. The first-order valence-electron chi connectivity index (χ1n) is 5.63. The molecule has 0 spiro atoms. The summed E-state index contributed by atoms with van der Waals surface area (Å²) in [4.78, 5) is 24.1. The lowest BCUT2D eigenvalue weighted by atomic mass is 10.2. The van der Waals surface area contributed by atoms with E-state index in [4.69, 9.17) is 5.11 Å². The zero-order valence-electron chi connectivity index (χ0n) is 9.33. The van der Waals surface area contributed by atoms with Crippen molar-refractivity contribution in [2.24, 2.45) is 0 Å². The van der Waals surface area contributed by atoms with Crippen molar-refractivity contribution in [3.63, 3.8) is 0 Å². The summed E-state index contributed by atoms with van der Waals surface area (Å²) in [5.41, 5.74) is 0. The molecule has 0 aromatic rings. The van der Waals surface area contributed by atoms with Crippen molar-refractivity contribution in [3.05, 3.63) is 0 Å². The largest absolute Gasteiger partial charge is 0.480 e. The Balaban J connectivity index is 1.94. The van der Waals surface area contributed by atoms with Crippen molar-refractivity contribution < 1.29 is 19.8 Å². The Labute approximate surface area is 103 Å². The fraction of sp³-hybridized carbons (Fsp3) is 0.800. The third-order valence-corrected chi connectivity index (χ3v) is 4.24. The van der Waals surface area contributed by atoms with Gasteiger partial charge >= 0.3 is 12.0 Å². The van der Waals surface area contributed by atoms with Crippen LogP contribution < -0.4 is 5.32 Å². The number of β-amino-alcohol motifs (C(OH)–C–C–N with tert-alkyl or cyclic N) is 1. The van der Waals surface area contributed by atoms with Crippen LogP contribution in [0.25, 0.3) is 0 Å². The SMILES string of the molecule is O=C(O)[C@@H]1C[C@H](O)CN1C(=O)NC1CCSC1. The minimum atomic E-state index is -1.06. The van der Waals surface area contributed by atoms with Crippen molar-refractivity contribution in [2.75, 3.05) is 18.1 Å².